The lowest BCUT2D eigenvalue weighted by Gasteiger charge is -2.10. The van der Waals surface area contributed by atoms with E-state index in [0.717, 1.165) is 11.4 Å². The highest BCUT2D eigenvalue weighted by Crippen LogP contribution is 2.15. The molecule has 4 heteroatoms. The molecule has 16 heavy (non-hydrogen) atoms. The van der Waals surface area contributed by atoms with Crippen molar-refractivity contribution in [2.75, 3.05) is 11.9 Å². The molecule has 0 aliphatic heterocycles. The Balaban J connectivity index is 2.58. The van der Waals surface area contributed by atoms with Gasteiger partial charge in [0, 0.05) is 5.69 Å². The Morgan fingerprint density at radius 1 is 1.38 bits per heavy atom. The minimum atomic E-state index is -0.452. The van der Waals surface area contributed by atoms with Crippen molar-refractivity contribution < 1.29 is 9.53 Å². The minimum absolute atomic E-state index is 0.161. The number of anilines is 1. The van der Waals surface area contributed by atoms with E-state index in [-0.39, 0.29) is 5.91 Å². The van der Waals surface area contributed by atoms with E-state index in [1.807, 2.05) is 26.0 Å². The molecular weight excluding hydrogens is 204 g/mol. The number of nitrogens with two attached hydrogens (primary N) is 1. The molecule has 0 unspecified atom stereocenters. The van der Waals surface area contributed by atoms with Gasteiger partial charge in [0.2, 0.25) is 5.91 Å². The fraction of sp³-hybridized carbons (Fsp3) is 0.417. The zero-order valence-electron chi connectivity index (χ0n) is 9.69. The highest BCUT2D eigenvalue weighted by molar-refractivity contribution is 5.94. The molecule has 0 saturated carbocycles. The summed E-state index contributed by atoms with van der Waals surface area (Å²) in [6.45, 7) is 4.44. The Bertz CT molecular complexity index is 335. The smallest absolute Gasteiger partial charge is 0.241 e. The van der Waals surface area contributed by atoms with Crippen LogP contribution in [0.1, 0.15) is 20.3 Å². The number of rotatable bonds is 5. The zero-order valence-corrected chi connectivity index (χ0v) is 9.69. The highest BCUT2D eigenvalue weighted by atomic mass is 16.5. The van der Waals surface area contributed by atoms with Crippen molar-refractivity contribution in [3.8, 4) is 5.75 Å². The van der Waals surface area contributed by atoms with Gasteiger partial charge in [-0.25, -0.2) is 0 Å². The van der Waals surface area contributed by atoms with Gasteiger partial charge in [-0.05, 0) is 37.6 Å². The van der Waals surface area contributed by atoms with E-state index in [1.54, 1.807) is 12.1 Å². The van der Waals surface area contributed by atoms with Crippen LogP contribution in [0.5, 0.6) is 5.75 Å². The number of carbonyl (C=O) groups is 1. The van der Waals surface area contributed by atoms with Gasteiger partial charge in [0.25, 0.3) is 0 Å². The number of nitrogens with one attached hydrogen (secondary N) is 1. The molecule has 1 amide bonds. The van der Waals surface area contributed by atoms with Gasteiger partial charge in [0.15, 0.2) is 0 Å². The molecule has 0 heterocycles. The van der Waals surface area contributed by atoms with E-state index in [4.69, 9.17) is 10.5 Å². The quantitative estimate of drug-likeness (QED) is 0.798. The van der Waals surface area contributed by atoms with E-state index >= 15 is 0 Å². The van der Waals surface area contributed by atoms with Gasteiger partial charge in [-0.15, -0.1) is 0 Å². The summed E-state index contributed by atoms with van der Waals surface area (Å²) < 4.78 is 5.30. The van der Waals surface area contributed by atoms with Crippen LogP contribution in [0.3, 0.4) is 0 Å². The first kappa shape index (κ1) is 12.5. The molecule has 1 aromatic carbocycles. The summed E-state index contributed by atoms with van der Waals surface area (Å²) in [6, 6.07) is 6.77. The summed E-state index contributed by atoms with van der Waals surface area (Å²) in [5.41, 5.74) is 6.34. The van der Waals surface area contributed by atoms with Crippen LogP contribution in [0, 0.1) is 0 Å². The van der Waals surface area contributed by atoms with Crippen molar-refractivity contribution >= 4 is 11.6 Å². The monoisotopic (exact) mass is 222 g/mol. The summed E-state index contributed by atoms with van der Waals surface area (Å²) in [5.74, 6) is 0.631. The molecule has 1 atom stereocenters. The fourth-order valence-electron chi connectivity index (χ4n) is 1.22. The maximum Gasteiger partial charge on any atom is 0.241 e. The van der Waals surface area contributed by atoms with E-state index in [2.05, 4.69) is 5.32 Å². The van der Waals surface area contributed by atoms with Crippen molar-refractivity contribution in [1.82, 2.24) is 0 Å². The van der Waals surface area contributed by atoms with Gasteiger partial charge in [-0.1, -0.05) is 6.92 Å². The molecule has 88 valence electrons. The topological polar surface area (TPSA) is 64.3 Å². The third-order valence-corrected chi connectivity index (χ3v) is 2.21. The molecule has 0 bridgehead atoms. The summed E-state index contributed by atoms with van der Waals surface area (Å²) in [4.78, 5) is 11.5. The Labute approximate surface area is 95.8 Å². The SMILES string of the molecule is CCOc1ccc(NC(=O)[C@H](N)CC)cc1. The van der Waals surface area contributed by atoms with Crippen LogP contribution in [0.2, 0.25) is 0 Å². The predicted octanol–water partition coefficient (Wildman–Crippen LogP) is 1.76. The molecule has 0 fully saturated rings. The third-order valence-electron chi connectivity index (χ3n) is 2.21. The predicted molar refractivity (Wildman–Crippen MR) is 64.5 cm³/mol. The second-order valence-corrected chi connectivity index (χ2v) is 3.46. The molecular formula is C12H18N2O2. The van der Waals surface area contributed by atoms with E-state index in [1.165, 1.54) is 0 Å². The second kappa shape index (κ2) is 6.12. The van der Waals surface area contributed by atoms with E-state index in [9.17, 15) is 4.79 Å². The Morgan fingerprint density at radius 2 is 2.00 bits per heavy atom. The van der Waals surface area contributed by atoms with Crippen LogP contribution in [-0.2, 0) is 4.79 Å². The van der Waals surface area contributed by atoms with Crippen LogP contribution >= 0.6 is 0 Å². The summed E-state index contributed by atoms with van der Waals surface area (Å²) in [5, 5.41) is 2.74. The lowest BCUT2D eigenvalue weighted by molar-refractivity contribution is -0.117. The molecule has 0 spiro atoms. The largest absolute Gasteiger partial charge is 0.494 e. The fourth-order valence-corrected chi connectivity index (χ4v) is 1.22. The zero-order chi connectivity index (χ0) is 12.0. The van der Waals surface area contributed by atoms with Crippen LogP contribution in [0.15, 0.2) is 24.3 Å². The Kier molecular flexibility index (Phi) is 4.79. The van der Waals surface area contributed by atoms with Crippen molar-refractivity contribution in [2.24, 2.45) is 5.73 Å². The lowest BCUT2D eigenvalue weighted by atomic mass is 10.2. The first-order valence-electron chi connectivity index (χ1n) is 5.46. The van der Waals surface area contributed by atoms with Gasteiger partial charge in [0.05, 0.1) is 12.6 Å². The first-order valence-corrected chi connectivity index (χ1v) is 5.46. The van der Waals surface area contributed by atoms with Crippen molar-refractivity contribution in [2.45, 2.75) is 26.3 Å². The molecule has 0 aliphatic carbocycles. The van der Waals surface area contributed by atoms with Gasteiger partial charge in [-0.2, -0.15) is 0 Å². The summed E-state index contributed by atoms with van der Waals surface area (Å²) >= 11 is 0. The molecule has 4 nitrogen and oxygen atoms in total. The molecule has 3 N–H and O–H groups in total. The molecule has 0 radical (unpaired) electrons. The molecule has 1 rings (SSSR count). The number of amides is 1. The molecule has 0 saturated heterocycles. The number of ether oxygens (including phenoxy) is 1. The van der Waals surface area contributed by atoms with Gasteiger partial charge in [-0.3, -0.25) is 4.79 Å². The second-order valence-electron chi connectivity index (χ2n) is 3.46. The Morgan fingerprint density at radius 3 is 2.50 bits per heavy atom. The van der Waals surface area contributed by atoms with Crippen molar-refractivity contribution in [3.05, 3.63) is 24.3 Å². The van der Waals surface area contributed by atoms with E-state index in [0.29, 0.717) is 13.0 Å². The lowest BCUT2D eigenvalue weighted by Crippen LogP contribution is -2.34. The Hall–Kier alpha value is -1.55. The normalized spacial score (nSPS) is 11.9. The number of benzene rings is 1. The highest BCUT2D eigenvalue weighted by Gasteiger charge is 2.10. The van der Waals surface area contributed by atoms with Crippen LogP contribution < -0.4 is 15.8 Å². The number of hydrogen-bond donors (Lipinski definition) is 2. The number of hydrogen-bond acceptors (Lipinski definition) is 3. The van der Waals surface area contributed by atoms with Crippen LogP contribution in [0.4, 0.5) is 5.69 Å². The average Bonchev–Trinajstić information content (AvgIpc) is 2.31. The molecule has 0 aromatic heterocycles. The van der Waals surface area contributed by atoms with Gasteiger partial charge < -0.3 is 15.8 Å². The number of carbonyl (C=O) groups excluding carboxylic acids is 1. The third kappa shape index (κ3) is 3.55. The average molecular weight is 222 g/mol. The summed E-state index contributed by atoms with van der Waals surface area (Å²) in [6.07, 6.45) is 0.628. The maximum atomic E-state index is 11.5. The van der Waals surface area contributed by atoms with Crippen molar-refractivity contribution in [1.29, 1.82) is 0 Å². The van der Waals surface area contributed by atoms with E-state index < -0.39 is 6.04 Å². The first-order chi connectivity index (χ1) is 7.67. The van der Waals surface area contributed by atoms with Gasteiger partial charge in [0.1, 0.15) is 5.75 Å². The molecule has 0 aliphatic rings. The molecule has 1 aromatic rings. The van der Waals surface area contributed by atoms with Crippen LogP contribution in [-0.4, -0.2) is 18.6 Å². The standard InChI is InChI=1S/C12H18N2O2/c1-3-11(13)12(15)14-9-5-7-10(8-6-9)16-4-2/h5-8,11H,3-4,13H2,1-2H3,(H,14,15)/t11-/m1/s1. The van der Waals surface area contributed by atoms with Crippen molar-refractivity contribution in [3.63, 3.8) is 0 Å². The van der Waals surface area contributed by atoms with Gasteiger partial charge >= 0.3 is 0 Å². The minimum Gasteiger partial charge on any atom is -0.494 e. The summed E-state index contributed by atoms with van der Waals surface area (Å²) in [7, 11) is 0. The maximum absolute atomic E-state index is 11.5. The van der Waals surface area contributed by atoms with Crippen LogP contribution in [0.25, 0.3) is 0 Å².